The molecule has 0 bridgehead atoms. The second-order valence-corrected chi connectivity index (χ2v) is 6.29. The highest BCUT2D eigenvalue weighted by Gasteiger charge is 2.22. The van der Waals surface area contributed by atoms with Gasteiger partial charge in [0.05, 0.1) is 19.8 Å². The van der Waals surface area contributed by atoms with Crippen LogP contribution in [0.4, 0.5) is 15.3 Å². The predicted molar refractivity (Wildman–Crippen MR) is 95.6 cm³/mol. The number of nitrogens with zero attached hydrogens (tertiary/aromatic N) is 2. The van der Waals surface area contributed by atoms with Crippen LogP contribution in [0.2, 0.25) is 0 Å². The Labute approximate surface area is 148 Å². The molecule has 0 spiro atoms. The molecule has 0 aliphatic carbocycles. The molecule has 1 aromatic rings. The second-order valence-electron chi connectivity index (χ2n) is 6.29. The lowest BCUT2D eigenvalue weighted by Gasteiger charge is -2.22. The topological polar surface area (TPSA) is 71.1 Å². The number of rotatable bonds is 4. The molecule has 1 aromatic carbocycles. The minimum Gasteiger partial charge on any atom is -0.453 e. The van der Waals surface area contributed by atoms with Gasteiger partial charge in [0.25, 0.3) is 0 Å². The summed E-state index contributed by atoms with van der Waals surface area (Å²) in [5.41, 5.74) is 1.75. The molecule has 1 aliphatic rings. The third kappa shape index (κ3) is 5.94. The van der Waals surface area contributed by atoms with Gasteiger partial charge in [-0.3, -0.25) is 0 Å². The maximum absolute atomic E-state index is 12.5. The number of ether oxygens (including phenoxy) is 2. The SMILES string of the molecule is COC(=O)N1CCCN(C(=O)Nc2cccc(COC(C)C)c2)CC1. The summed E-state index contributed by atoms with van der Waals surface area (Å²) in [5, 5.41) is 2.92. The number of urea groups is 1. The predicted octanol–water partition coefficient (Wildman–Crippen LogP) is 2.92. The lowest BCUT2D eigenvalue weighted by molar-refractivity contribution is 0.0657. The van der Waals surface area contributed by atoms with Crippen molar-refractivity contribution in [2.75, 3.05) is 38.6 Å². The zero-order chi connectivity index (χ0) is 18.2. The molecule has 0 atom stereocenters. The summed E-state index contributed by atoms with van der Waals surface area (Å²) >= 11 is 0. The molecule has 1 heterocycles. The van der Waals surface area contributed by atoms with Crippen LogP contribution in [-0.4, -0.2) is 61.3 Å². The van der Waals surface area contributed by atoms with E-state index in [9.17, 15) is 9.59 Å². The van der Waals surface area contributed by atoms with Crippen LogP contribution in [0.1, 0.15) is 25.8 Å². The third-order valence-electron chi connectivity index (χ3n) is 3.98. The fourth-order valence-electron chi connectivity index (χ4n) is 2.64. The quantitative estimate of drug-likeness (QED) is 0.907. The Hall–Kier alpha value is -2.28. The van der Waals surface area contributed by atoms with E-state index >= 15 is 0 Å². The first-order chi connectivity index (χ1) is 12.0. The van der Waals surface area contributed by atoms with Crippen molar-refractivity contribution >= 4 is 17.8 Å². The van der Waals surface area contributed by atoms with Gasteiger partial charge in [0.2, 0.25) is 0 Å². The fourth-order valence-corrected chi connectivity index (χ4v) is 2.64. The van der Waals surface area contributed by atoms with Gasteiger partial charge in [-0.1, -0.05) is 12.1 Å². The number of hydrogen-bond acceptors (Lipinski definition) is 4. The molecule has 1 fully saturated rings. The highest BCUT2D eigenvalue weighted by atomic mass is 16.5. The molecule has 7 heteroatoms. The van der Waals surface area contributed by atoms with Crippen molar-refractivity contribution in [1.29, 1.82) is 0 Å². The molecule has 25 heavy (non-hydrogen) atoms. The first-order valence-corrected chi connectivity index (χ1v) is 8.59. The molecular weight excluding hydrogens is 322 g/mol. The van der Waals surface area contributed by atoms with E-state index in [2.05, 4.69) is 5.32 Å². The summed E-state index contributed by atoms with van der Waals surface area (Å²) in [4.78, 5) is 27.4. The van der Waals surface area contributed by atoms with Crippen molar-refractivity contribution in [3.05, 3.63) is 29.8 Å². The molecule has 2 rings (SSSR count). The average Bonchev–Trinajstić information content (AvgIpc) is 2.86. The molecule has 0 saturated carbocycles. The van der Waals surface area contributed by atoms with E-state index in [0.29, 0.717) is 32.8 Å². The van der Waals surface area contributed by atoms with Gasteiger partial charge in [-0.25, -0.2) is 9.59 Å². The van der Waals surface area contributed by atoms with E-state index in [4.69, 9.17) is 9.47 Å². The van der Waals surface area contributed by atoms with Crippen LogP contribution in [0.3, 0.4) is 0 Å². The Kier molecular flexibility index (Phi) is 7.06. The molecule has 7 nitrogen and oxygen atoms in total. The number of amides is 3. The molecule has 3 amide bonds. The molecule has 1 saturated heterocycles. The molecule has 138 valence electrons. The van der Waals surface area contributed by atoms with Crippen LogP contribution in [0.5, 0.6) is 0 Å². The summed E-state index contributed by atoms with van der Waals surface area (Å²) in [5.74, 6) is 0. The Morgan fingerprint density at radius 1 is 1.16 bits per heavy atom. The van der Waals surface area contributed by atoms with Crippen LogP contribution in [0, 0.1) is 0 Å². The second kappa shape index (κ2) is 9.27. The number of nitrogens with one attached hydrogen (secondary N) is 1. The molecular formula is C18H27N3O4. The summed E-state index contributed by atoms with van der Waals surface area (Å²) < 4.78 is 10.3. The molecule has 0 radical (unpaired) electrons. The average molecular weight is 349 g/mol. The van der Waals surface area contributed by atoms with Crippen LogP contribution < -0.4 is 5.32 Å². The van der Waals surface area contributed by atoms with Gasteiger partial charge in [0, 0.05) is 31.9 Å². The Balaban J connectivity index is 1.91. The smallest absolute Gasteiger partial charge is 0.409 e. The number of methoxy groups -OCH3 is 1. The van der Waals surface area contributed by atoms with Gasteiger partial charge in [-0.15, -0.1) is 0 Å². The lowest BCUT2D eigenvalue weighted by Crippen LogP contribution is -2.39. The lowest BCUT2D eigenvalue weighted by atomic mass is 10.2. The van der Waals surface area contributed by atoms with Crippen LogP contribution in [-0.2, 0) is 16.1 Å². The Bertz CT molecular complexity index is 591. The van der Waals surface area contributed by atoms with Crippen molar-refractivity contribution in [3.8, 4) is 0 Å². The summed E-state index contributed by atoms with van der Waals surface area (Å²) in [6.07, 6.45) is 0.540. The first-order valence-electron chi connectivity index (χ1n) is 8.59. The standard InChI is InChI=1S/C18H27N3O4/c1-14(2)25-13-15-6-4-7-16(12-15)19-17(22)20-8-5-9-21(11-10-20)18(23)24-3/h4,6-7,12,14H,5,8-11,13H2,1-3H3,(H,19,22). The van der Waals surface area contributed by atoms with Crippen LogP contribution >= 0.6 is 0 Å². The zero-order valence-electron chi connectivity index (χ0n) is 15.2. The van der Waals surface area contributed by atoms with Crippen molar-refractivity contribution in [2.24, 2.45) is 0 Å². The third-order valence-corrected chi connectivity index (χ3v) is 3.98. The number of benzene rings is 1. The van der Waals surface area contributed by atoms with Gasteiger partial charge in [0.1, 0.15) is 0 Å². The monoisotopic (exact) mass is 349 g/mol. The minimum absolute atomic E-state index is 0.159. The molecule has 0 aromatic heterocycles. The normalized spacial score (nSPS) is 15.0. The van der Waals surface area contributed by atoms with Crippen molar-refractivity contribution in [2.45, 2.75) is 33.0 Å². The van der Waals surface area contributed by atoms with Gasteiger partial charge in [0.15, 0.2) is 0 Å². The maximum Gasteiger partial charge on any atom is 0.409 e. The maximum atomic E-state index is 12.5. The molecule has 1 aliphatic heterocycles. The van der Waals surface area contributed by atoms with Crippen LogP contribution in [0.15, 0.2) is 24.3 Å². The Morgan fingerprint density at radius 2 is 1.88 bits per heavy atom. The number of hydrogen-bond donors (Lipinski definition) is 1. The van der Waals surface area contributed by atoms with E-state index in [1.165, 1.54) is 7.11 Å². The highest BCUT2D eigenvalue weighted by Crippen LogP contribution is 2.14. The summed E-state index contributed by atoms with van der Waals surface area (Å²) in [7, 11) is 1.37. The fraction of sp³-hybridized carbons (Fsp3) is 0.556. The van der Waals surface area contributed by atoms with Crippen molar-refractivity contribution in [1.82, 2.24) is 9.80 Å². The van der Waals surface area contributed by atoms with E-state index in [1.807, 2.05) is 38.1 Å². The Morgan fingerprint density at radius 3 is 2.60 bits per heavy atom. The number of carbonyl (C=O) groups is 2. The van der Waals surface area contributed by atoms with Gasteiger partial charge >= 0.3 is 12.1 Å². The molecule has 0 unspecified atom stereocenters. The van der Waals surface area contributed by atoms with Gasteiger partial charge < -0.3 is 24.6 Å². The van der Waals surface area contributed by atoms with Gasteiger partial charge in [-0.2, -0.15) is 0 Å². The molecule has 1 N–H and O–H groups in total. The van der Waals surface area contributed by atoms with Crippen molar-refractivity contribution < 1.29 is 19.1 Å². The number of anilines is 1. The zero-order valence-corrected chi connectivity index (χ0v) is 15.2. The van der Waals surface area contributed by atoms with E-state index < -0.39 is 0 Å². The van der Waals surface area contributed by atoms with Crippen molar-refractivity contribution in [3.63, 3.8) is 0 Å². The minimum atomic E-state index is -0.347. The summed E-state index contributed by atoms with van der Waals surface area (Å²) in [6.45, 7) is 6.65. The largest absolute Gasteiger partial charge is 0.453 e. The van der Waals surface area contributed by atoms with E-state index in [-0.39, 0.29) is 18.2 Å². The first kappa shape index (κ1) is 19.1. The number of carbonyl (C=O) groups excluding carboxylic acids is 2. The van der Waals surface area contributed by atoms with E-state index in [0.717, 1.165) is 17.7 Å². The van der Waals surface area contributed by atoms with Gasteiger partial charge in [-0.05, 0) is 38.0 Å². The highest BCUT2D eigenvalue weighted by molar-refractivity contribution is 5.89. The van der Waals surface area contributed by atoms with Crippen LogP contribution in [0.25, 0.3) is 0 Å². The van der Waals surface area contributed by atoms with E-state index in [1.54, 1.807) is 9.80 Å². The summed E-state index contributed by atoms with van der Waals surface area (Å²) in [6, 6.07) is 7.48.